The van der Waals surface area contributed by atoms with Crippen LogP contribution < -0.4 is 11.1 Å². The zero-order chi connectivity index (χ0) is 12.1. The van der Waals surface area contributed by atoms with Crippen LogP contribution >= 0.6 is 0 Å². The highest BCUT2D eigenvalue weighted by Crippen LogP contribution is 2.13. The van der Waals surface area contributed by atoms with Gasteiger partial charge in [-0.1, -0.05) is 26.0 Å². The molecule has 0 fully saturated rings. The highest BCUT2D eigenvalue weighted by molar-refractivity contribution is 5.81. The third-order valence-electron chi connectivity index (χ3n) is 2.22. The lowest BCUT2D eigenvalue weighted by atomic mass is 10.1. The number of rotatable bonds is 5. The van der Waals surface area contributed by atoms with Crippen molar-refractivity contribution >= 4 is 5.91 Å². The van der Waals surface area contributed by atoms with E-state index in [1.54, 1.807) is 12.1 Å². The molecule has 1 amide bonds. The van der Waals surface area contributed by atoms with Gasteiger partial charge in [-0.3, -0.25) is 4.79 Å². The van der Waals surface area contributed by atoms with Gasteiger partial charge in [0, 0.05) is 0 Å². The second-order valence-corrected chi connectivity index (χ2v) is 4.19. The summed E-state index contributed by atoms with van der Waals surface area (Å²) in [4.78, 5) is 11.3. The number of amides is 1. The zero-order valence-corrected chi connectivity index (χ0v) is 9.53. The number of carbonyl (C=O) groups excluding carboxylic acids is 1. The summed E-state index contributed by atoms with van der Waals surface area (Å²) in [6.07, 6.45) is 0. The Balaban J connectivity index is 2.77. The van der Waals surface area contributed by atoms with Crippen molar-refractivity contribution < 1.29 is 9.18 Å². The van der Waals surface area contributed by atoms with Crippen molar-refractivity contribution in [2.45, 2.75) is 19.9 Å². The van der Waals surface area contributed by atoms with Gasteiger partial charge in [-0.25, -0.2) is 4.39 Å². The summed E-state index contributed by atoms with van der Waals surface area (Å²) in [6, 6.07) is 5.23. The van der Waals surface area contributed by atoms with Crippen molar-refractivity contribution in [3.8, 4) is 0 Å². The molecule has 3 nitrogen and oxygen atoms in total. The molecule has 0 saturated heterocycles. The van der Waals surface area contributed by atoms with Crippen LogP contribution in [0.25, 0.3) is 0 Å². The molecule has 0 aliphatic rings. The fraction of sp³-hybridized carbons (Fsp3) is 0.417. The van der Waals surface area contributed by atoms with Crippen LogP contribution in [-0.2, 0) is 4.79 Å². The second kappa shape index (κ2) is 5.61. The van der Waals surface area contributed by atoms with E-state index in [-0.39, 0.29) is 5.82 Å². The van der Waals surface area contributed by atoms with Gasteiger partial charge in [-0.15, -0.1) is 0 Å². The summed E-state index contributed by atoms with van der Waals surface area (Å²) in [5, 5.41) is 3.06. The maximum atomic E-state index is 12.7. The normalized spacial score (nSPS) is 12.8. The van der Waals surface area contributed by atoms with E-state index in [2.05, 4.69) is 5.32 Å². The van der Waals surface area contributed by atoms with Gasteiger partial charge < -0.3 is 11.1 Å². The highest BCUT2D eigenvalue weighted by Gasteiger charge is 2.17. The number of benzene rings is 1. The number of nitrogens with two attached hydrogens (primary N) is 1. The SMILES string of the molecule is CC(C)CNC(C(N)=O)c1ccc(F)cc1. The highest BCUT2D eigenvalue weighted by atomic mass is 19.1. The van der Waals surface area contributed by atoms with Crippen LogP contribution in [0.1, 0.15) is 25.5 Å². The molecule has 1 aromatic rings. The average Bonchev–Trinajstić information content (AvgIpc) is 2.20. The van der Waals surface area contributed by atoms with Crippen molar-refractivity contribution in [2.24, 2.45) is 11.7 Å². The third kappa shape index (κ3) is 3.62. The minimum absolute atomic E-state index is 0.323. The number of primary amides is 1. The number of carbonyl (C=O) groups is 1. The van der Waals surface area contributed by atoms with E-state index in [0.717, 1.165) is 0 Å². The molecular formula is C12H17FN2O. The molecule has 4 heteroatoms. The van der Waals surface area contributed by atoms with Crippen LogP contribution in [0.5, 0.6) is 0 Å². The van der Waals surface area contributed by atoms with E-state index >= 15 is 0 Å². The lowest BCUT2D eigenvalue weighted by molar-refractivity contribution is -0.120. The summed E-state index contributed by atoms with van der Waals surface area (Å²) >= 11 is 0. The van der Waals surface area contributed by atoms with Gasteiger partial charge in [0.05, 0.1) is 0 Å². The average molecular weight is 224 g/mol. The van der Waals surface area contributed by atoms with Crippen molar-refractivity contribution in [2.75, 3.05) is 6.54 Å². The number of halogens is 1. The van der Waals surface area contributed by atoms with Crippen LogP contribution in [0.15, 0.2) is 24.3 Å². The molecule has 0 heterocycles. The van der Waals surface area contributed by atoms with Crippen LogP contribution in [0.3, 0.4) is 0 Å². The van der Waals surface area contributed by atoms with Crippen molar-refractivity contribution in [1.82, 2.24) is 5.32 Å². The van der Waals surface area contributed by atoms with E-state index in [0.29, 0.717) is 18.0 Å². The summed E-state index contributed by atoms with van der Waals surface area (Å²) in [5.74, 6) is -0.356. The van der Waals surface area contributed by atoms with Crippen molar-refractivity contribution in [1.29, 1.82) is 0 Å². The molecule has 16 heavy (non-hydrogen) atoms. The molecule has 3 N–H and O–H groups in total. The Kier molecular flexibility index (Phi) is 4.43. The predicted octanol–water partition coefficient (Wildman–Crippen LogP) is 1.60. The fourth-order valence-corrected chi connectivity index (χ4v) is 1.39. The molecule has 1 rings (SSSR count). The molecule has 0 aromatic heterocycles. The van der Waals surface area contributed by atoms with Crippen molar-refractivity contribution in [3.63, 3.8) is 0 Å². The Hall–Kier alpha value is -1.42. The number of nitrogens with one attached hydrogen (secondary N) is 1. The Morgan fingerprint density at radius 3 is 2.38 bits per heavy atom. The van der Waals surface area contributed by atoms with Gasteiger partial charge in [0.25, 0.3) is 0 Å². The van der Waals surface area contributed by atoms with Crippen LogP contribution in [-0.4, -0.2) is 12.5 Å². The Morgan fingerprint density at radius 2 is 1.94 bits per heavy atom. The van der Waals surface area contributed by atoms with Gasteiger partial charge in [0.1, 0.15) is 11.9 Å². The van der Waals surface area contributed by atoms with Crippen LogP contribution in [0.4, 0.5) is 4.39 Å². The minimum atomic E-state index is -0.553. The first kappa shape index (κ1) is 12.6. The largest absolute Gasteiger partial charge is 0.368 e. The summed E-state index contributed by atoms with van der Waals surface area (Å²) in [5.41, 5.74) is 5.99. The van der Waals surface area contributed by atoms with Gasteiger partial charge in [0.2, 0.25) is 5.91 Å². The van der Waals surface area contributed by atoms with Crippen LogP contribution in [0.2, 0.25) is 0 Å². The maximum Gasteiger partial charge on any atom is 0.239 e. The van der Waals surface area contributed by atoms with Gasteiger partial charge in [0.15, 0.2) is 0 Å². The third-order valence-corrected chi connectivity index (χ3v) is 2.22. The first-order valence-electron chi connectivity index (χ1n) is 5.29. The molecule has 1 aromatic carbocycles. The molecule has 1 atom stereocenters. The Labute approximate surface area is 94.8 Å². The van der Waals surface area contributed by atoms with Gasteiger partial charge >= 0.3 is 0 Å². The van der Waals surface area contributed by atoms with E-state index in [1.165, 1.54) is 12.1 Å². The molecule has 0 bridgehead atoms. The molecule has 88 valence electrons. The lowest BCUT2D eigenvalue weighted by Gasteiger charge is -2.17. The maximum absolute atomic E-state index is 12.7. The molecule has 0 saturated carbocycles. The lowest BCUT2D eigenvalue weighted by Crippen LogP contribution is -2.35. The summed E-state index contributed by atoms with van der Waals surface area (Å²) in [7, 11) is 0. The summed E-state index contributed by atoms with van der Waals surface area (Å²) in [6.45, 7) is 4.76. The predicted molar refractivity (Wildman–Crippen MR) is 61.2 cm³/mol. The molecule has 0 aliphatic heterocycles. The standard InChI is InChI=1S/C12H17FN2O/c1-8(2)7-15-11(12(14)16)9-3-5-10(13)6-4-9/h3-6,8,11,15H,7H2,1-2H3,(H2,14,16). The van der Waals surface area contributed by atoms with E-state index in [4.69, 9.17) is 5.73 Å². The molecule has 1 unspecified atom stereocenters. The minimum Gasteiger partial charge on any atom is -0.368 e. The first-order chi connectivity index (χ1) is 7.50. The van der Waals surface area contributed by atoms with E-state index < -0.39 is 11.9 Å². The second-order valence-electron chi connectivity index (χ2n) is 4.19. The number of hydrogen-bond donors (Lipinski definition) is 2. The molecule has 0 spiro atoms. The smallest absolute Gasteiger partial charge is 0.239 e. The molecular weight excluding hydrogens is 207 g/mol. The monoisotopic (exact) mass is 224 g/mol. The number of hydrogen-bond acceptors (Lipinski definition) is 2. The quantitative estimate of drug-likeness (QED) is 0.798. The van der Waals surface area contributed by atoms with Crippen LogP contribution in [0, 0.1) is 11.7 Å². The summed E-state index contributed by atoms with van der Waals surface area (Å²) < 4.78 is 12.7. The molecule has 0 aliphatic carbocycles. The topological polar surface area (TPSA) is 55.1 Å². The Bertz CT molecular complexity index is 349. The molecule has 0 radical (unpaired) electrons. The van der Waals surface area contributed by atoms with Crippen molar-refractivity contribution in [3.05, 3.63) is 35.6 Å². The van der Waals surface area contributed by atoms with E-state index in [1.807, 2.05) is 13.8 Å². The fourth-order valence-electron chi connectivity index (χ4n) is 1.39. The zero-order valence-electron chi connectivity index (χ0n) is 9.53. The van der Waals surface area contributed by atoms with E-state index in [9.17, 15) is 9.18 Å². The van der Waals surface area contributed by atoms with Gasteiger partial charge in [-0.05, 0) is 30.2 Å². The van der Waals surface area contributed by atoms with Gasteiger partial charge in [-0.2, -0.15) is 0 Å². The Morgan fingerprint density at radius 1 is 1.38 bits per heavy atom. The first-order valence-corrected chi connectivity index (χ1v) is 5.29.